The summed E-state index contributed by atoms with van der Waals surface area (Å²) in [5.74, 6) is 0.646. The van der Waals surface area contributed by atoms with Gasteiger partial charge in [-0.1, -0.05) is 67.6 Å². The van der Waals surface area contributed by atoms with E-state index in [0.717, 1.165) is 19.5 Å². The molecule has 1 aliphatic heterocycles. The Hall–Kier alpha value is -1.93. The highest BCUT2D eigenvalue weighted by Crippen LogP contribution is 2.36. The third kappa shape index (κ3) is 3.12. The largest absolute Gasteiger partial charge is 0.298 e. The van der Waals surface area contributed by atoms with Gasteiger partial charge in [0.05, 0.1) is 6.54 Å². The van der Waals surface area contributed by atoms with Crippen LogP contribution in [0, 0.1) is 5.92 Å². The third-order valence-corrected chi connectivity index (χ3v) is 4.72. The molecule has 0 amide bonds. The Balaban J connectivity index is 1.95. The van der Waals surface area contributed by atoms with Gasteiger partial charge in [0.15, 0.2) is 5.78 Å². The van der Waals surface area contributed by atoms with Crippen molar-refractivity contribution in [2.45, 2.75) is 19.3 Å². The van der Waals surface area contributed by atoms with Crippen molar-refractivity contribution >= 4 is 5.78 Å². The van der Waals surface area contributed by atoms with E-state index in [2.05, 4.69) is 60.4 Å². The fourth-order valence-electron chi connectivity index (χ4n) is 3.50. The highest BCUT2D eigenvalue weighted by molar-refractivity contribution is 5.85. The number of benzene rings is 2. The summed E-state index contributed by atoms with van der Waals surface area (Å²) in [7, 11) is 0. The number of likely N-dealkylation sites (tertiary alicyclic amines) is 1. The molecular weight excluding hydrogens is 270 g/mol. The van der Waals surface area contributed by atoms with Crippen LogP contribution in [0.25, 0.3) is 0 Å². The molecule has 0 bridgehead atoms. The minimum absolute atomic E-state index is 0.0904. The monoisotopic (exact) mass is 293 g/mol. The summed E-state index contributed by atoms with van der Waals surface area (Å²) in [5, 5.41) is 0. The summed E-state index contributed by atoms with van der Waals surface area (Å²) in [6.45, 7) is 4.69. The van der Waals surface area contributed by atoms with Gasteiger partial charge in [-0.3, -0.25) is 9.69 Å². The Kier molecular flexibility index (Phi) is 4.69. The molecule has 2 heteroatoms. The van der Waals surface area contributed by atoms with Crippen LogP contribution in [0.5, 0.6) is 0 Å². The van der Waals surface area contributed by atoms with Crippen molar-refractivity contribution in [3.63, 3.8) is 0 Å². The van der Waals surface area contributed by atoms with Crippen molar-refractivity contribution in [2.24, 2.45) is 5.92 Å². The van der Waals surface area contributed by atoms with Gasteiger partial charge in [-0.05, 0) is 30.6 Å². The molecule has 2 aromatic rings. The van der Waals surface area contributed by atoms with Crippen molar-refractivity contribution in [2.75, 3.05) is 19.6 Å². The zero-order chi connectivity index (χ0) is 15.4. The van der Waals surface area contributed by atoms with Crippen LogP contribution in [0.4, 0.5) is 0 Å². The molecule has 1 saturated heterocycles. The third-order valence-electron chi connectivity index (χ3n) is 4.72. The molecule has 1 heterocycles. The predicted octanol–water partition coefficient (Wildman–Crippen LogP) is 3.73. The van der Waals surface area contributed by atoms with Gasteiger partial charge in [0, 0.05) is 11.8 Å². The summed E-state index contributed by atoms with van der Waals surface area (Å²) in [6, 6.07) is 20.9. The summed E-state index contributed by atoms with van der Waals surface area (Å²) in [4.78, 5) is 15.0. The lowest BCUT2D eigenvalue weighted by molar-refractivity contribution is -0.127. The van der Waals surface area contributed by atoms with Crippen molar-refractivity contribution in [3.8, 4) is 0 Å². The van der Waals surface area contributed by atoms with E-state index in [1.807, 2.05) is 12.1 Å². The maximum Gasteiger partial charge on any atom is 0.150 e. The molecule has 1 unspecified atom stereocenters. The molecule has 0 saturated carbocycles. The van der Waals surface area contributed by atoms with Gasteiger partial charge < -0.3 is 0 Å². The molecular formula is C20H23NO. The number of nitrogens with zero attached hydrogens (tertiary/aromatic N) is 1. The minimum Gasteiger partial charge on any atom is -0.298 e. The van der Waals surface area contributed by atoms with Gasteiger partial charge in [-0.2, -0.15) is 0 Å². The van der Waals surface area contributed by atoms with E-state index in [4.69, 9.17) is 0 Å². The van der Waals surface area contributed by atoms with E-state index in [0.29, 0.717) is 12.3 Å². The average molecular weight is 293 g/mol. The number of piperidine rings is 1. The minimum atomic E-state index is 0.0904. The SMILES string of the molecule is CCN1CCC(C(c2ccccc2)c2ccccc2)C(=O)C1. The molecule has 3 rings (SSSR count). The second-order valence-corrected chi connectivity index (χ2v) is 6.03. The maximum atomic E-state index is 12.7. The molecule has 114 valence electrons. The summed E-state index contributed by atoms with van der Waals surface area (Å²) in [5.41, 5.74) is 2.49. The molecule has 0 N–H and O–H groups in total. The molecule has 1 atom stereocenters. The molecule has 1 fully saturated rings. The van der Waals surface area contributed by atoms with Gasteiger partial charge >= 0.3 is 0 Å². The first-order valence-corrected chi connectivity index (χ1v) is 8.14. The van der Waals surface area contributed by atoms with Gasteiger partial charge in [0.1, 0.15) is 0 Å². The zero-order valence-electron chi connectivity index (χ0n) is 13.1. The standard InChI is InChI=1S/C20H23NO/c1-2-21-14-13-18(19(22)15-21)20(16-9-5-3-6-10-16)17-11-7-4-8-12-17/h3-12,18,20H,2,13-15H2,1H3. The van der Waals surface area contributed by atoms with E-state index in [9.17, 15) is 4.79 Å². The highest BCUT2D eigenvalue weighted by Gasteiger charge is 2.34. The van der Waals surface area contributed by atoms with Crippen LogP contribution < -0.4 is 0 Å². The lowest BCUT2D eigenvalue weighted by Crippen LogP contribution is -2.42. The molecule has 1 aliphatic rings. The highest BCUT2D eigenvalue weighted by atomic mass is 16.1. The Labute approximate surface area is 132 Å². The van der Waals surface area contributed by atoms with Crippen molar-refractivity contribution < 1.29 is 4.79 Å². The van der Waals surface area contributed by atoms with Crippen LogP contribution in [0.1, 0.15) is 30.4 Å². The van der Waals surface area contributed by atoms with E-state index in [1.165, 1.54) is 11.1 Å². The average Bonchev–Trinajstić information content (AvgIpc) is 2.58. The maximum absolute atomic E-state index is 12.7. The second-order valence-electron chi connectivity index (χ2n) is 6.03. The number of ketones is 1. The summed E-state index contributed by atoms with van der Waals surface area (Å²) >= 11 is 0. The van der Waals surface area contributed by atoms with Crippen LogP contribution in [0.15, 0.2) is 60.7 Å². The zero-order valence-corrected chi connectivity index (χ0v) is 13.1. The Morgan fingerprint density at radius 2 is 1.55 bits per heavy atom. The fraction of sp³-hybridized carbons (Fsp3) is 0.350. The fourth-order valence-corrected chi connectivity index (χ4v) is 3.50. The van der Waals surface area contributed by atoms with Crippen molar-refractivity contribution in [3.05, 3.63) is 71.8 Å². The normalized spacial score (nSPS) is 19.5. The lowest BCUT2D eigenvalue weighted by Gasteiger charge is -2.35. The quantitative estimate of drug-likeness (QED) is 0.856. The molecule has 22 heavy (non-hydrogen) atoms. The van der Waals surface area contributed by atoms with Crippen LogP contribution >= 0.6 is 0 Å². The summed E-state index contributed by atoms with van der Waals surface area (Å²) in [6.07, 6.45) is 0.946. The van der Waals surface area contributed by atoms with E-state index in [1.54, 1.807) is 0 Å². The first-order chi connectivity index (χ1) is 10.8. The number of carbonyl (C=O) groups excluding carboxylic acids is 1. The van der Waals surface area contributed by atoms with E-state index < -0.39 is 0 Å². The first kappa shape index (κ1) is 15.0. The van der Waals surface area contributed by atoms with Crippen LogP contribution in [-0.4, -0.2) is 30.3 Å². The number of hydrogen-bond donors (Lipinski definition) is 0. The van der Waals surface area contributed by atoms with Crippen LogP contribution in [0.2, 0.25) is 0 Å². The number of carbonyl (C=O) groups is 1. The topological polar surface area (TPSA) is 20.3 Å². The van der Waals surface area contributed by atoms with E-state index >= 15 is 0 Å². The number of rotatable bonds is 4. The van der Waals surface area contributed by atoms with Crippen LogP contribution in [-0.2, 0) is 4.79 Å². The molecule has 0 aliphatic carbocycles. The van der Waals surface area contributed by atoms with Gasteiger partial charge in [-0.25, -0.2) is 0 Å². The lowest BCUT2D eigenvalue weighted by atomic mass is 9.75. The molecule has 0 spiro atoms. The summed E-state index contributed by atoms with van der Waals surface area (Å²) < 4.78 is 0. The second kappa shape index (κ2) is 6.89. The van der Waals surface area contributed by atoms with Gasteiger partial charge in [0.2, 0.25) is 0 Å². The number of likely N-dealkylation sites (N-methyl/N-ethyl adjacent to an activating group) is 1. The Morgan fingerprint density at radius 3 is 2.00 bits per heavy atom. The molecule has 0 aromatic heterocycles. The molecule has 2 nitrogen and oxygen atoms in total. The Morgan fingerprint density at radius 1 is 1.00 bits per heavy atom. The molecule has 0 radical (unpaired) electrons. The van der Waals surface area contributed by atoms with Gasteiger partial charge in [0.25, 0.3) is 0 Å². The predicted molar refractivity (Wildman–Crippen MR) is 90.0 cm³/mol. The Bertz CT molecular complexity index is 569. The molecule has 2 aromatic carbocycles. The number of hydrogen-bond acceptors (Lipinski definition) is 2. The van der Waals surface area contributed by atoms with Crippen LogP contribution in [0.3, 0.4) is 0 Å². The van der Waals surface area contributed by atoms with E-state index in [-0.39, 0.29) is 11.8 Å². The smallest absolute Gasteiger partial charge is 0.150 e. The van der Waals surface area contributed by atoms with Gasteiger partial charge in [-0.15, -0.1) is 0 Å². The first-order valence-electron chi connectivity index (χ1n) is 8.14. The number of Topliss-reactive ketones (excluding diaryl/α,β-unsaturated/α-hetero) is 1. The van der Waals surface area contributed by atoms with Crippen molar-refractivity contribution in [1.29, 1.82) is 0 Å². The van der Waals surface area contributed by atoms with Crippen molar-refractivity contribution in [1.82, 2.24) is 4.90 Å².